The lowest BCUT2D eigenvalue weighted by Crippen LogP contribution is -2.44. The number of rotatable bonds is 8. The highest BCUT2D eigenvalue weighted by molar-refractivity contribution is 5.96. The Morgan fingerprint density at radius 2 is 1.83 bits per heavy atom. The molecule has 11 heteroatoms. The van der Waals surface area contributed by atoms with E-state index in [1.807, 2.05) is 31.2 Å². The van der Waals surface area contributed by atoms with Gasteiger partial charge in [0.1, 0.15) is 11.4 Å². The van der Waals surface area contributed by atoms with Crippen LogP contribution in [0.5, 0.6) is 11.6 Å². The highest BCUT2D eigenvalue weighted by Crippen LogP contribution is 2.32. The molecule has 0 aliphatic carbocycles. The third-order valence-corrected chi connectivity index (χ3v) is 6.09. The van der Waals surface area contributed by atoms with Gasteiger partial charge in [0.2, 0.25) is 5.88 Å². The number of amides is 1. The Hall–Kier alpha value is -4.25. The van der Waals surface area contributed by atoms with Crippen molar-refractivity contribution in [3.05, 3.63) is 69.5 Å². The van der Waals surface area contributed by atoms with E-state index in [4.69, 9.17) is 10.5 Å². The maximum atomic E-state index is 12.2. The van der Waals surface area contributed by atoms with Crippen LogP contribution in [-0.4, -0.2) is 58.9 Å². The first-order valence-electron chi connectivity index (χ1n) is 11.7. The number of primary amides is 1. The van der Waals surface area contributed by atoms with Gasteiger partial charge in [-0.05, 0) is 56.3 Å². The number of carbonyl (C=O) groups excluding carboxylic acids is 1. The van der Waals surface area contributed by atoms with E-state index in [0.717, 1.165) is 31.9 Å². The number of non-ortho nitro benzene ring substituents is 1. The topological polar surface area (TPSA) is 140 Å². The fourth-order valence-electron chi connectivity index (χ4n) is 3.90. The van der Waals surface area contributed by atoms with E-state index in [1.54, 1.807) is 13.0 Å². The number of hydrogen-bond donors (Lipinski definition) is 2. The van der Waals surface area contributed by atoms with Crippen molar-refractivity contribution in [2.45, 2.75) is 20.3 Å². The summed E-state index contributed by atoms with van der Waals surface area (Å²) in [6.07, 6.45) is 0.413. The zero-order chi connectivity index (χ0) is 25.8. The number of hydrogen-bond acceptors (Lipinski definition) is 9. The maximum Gasteiger partial charge on any atom is 0.273 e. The largest absolute Gasteiger partial charge is 0.437 e. The van der Waals surface area contributed by atoms with E-state index < -0.39 is 10.8 Å². The quantitative estimate of drug-likeness (QED) is 0.357. The molecule has 0 atom stereocenters. The number of benzene rings is 2. The van der Waals surface area contributed by atoms with E-state index in [-0.39, 0.29) is 28.8 Å². The lowest BCUT2D eigenvalue weighted by molar-refractivity contribution is -0.384. The molecule has 1 aliphatic rings. The number of nitrogens with zero attached hydrogens (tertiary/aromatic N) is 5. The SMILES string of the molecule is CCc1nc(C(N)=O)c(Nc2ccc(N3CCN(C)CC3)cc2)nc1Oc1cc([N+](=O)[O-])ccc1C. The summed E-state index contributed by atoms with van der Waals surface area (Å²) < 4.78 is 5.96. The molecule has 0 bridgehead atoms. The fourth-order valence-corrected chi connectivity index (χ4v) is 3.90. The van der Waals surface area contributed by atoms with Crippen LogP contribution in [0, 0.1) is 17.0 Å². The molecule has 1 fully saturated rings. The summed E-state index contributed by atoms with van der Waals surface area (Å²) in [5.41, 5.74) is 8.39. The van der Waals surface area contributed by atoms with Crippen molar-refractivity contribution < 1.29 is 14.5 Å². The Balaban J connectivity index is 1.63. The maximum absolute atomic E-state index is 12.2. The summed E-state index contributed by atoms with van der Waals surface area (Å²) in [6, 6.07) is 12.2. The molecule has 0 saturated carbocycles. The van der Waals surface area contributed by atoms with Crippen molar-refractivity contribution in [1.82, 2.24) is 14.9 Å². The molecule has 0 spiro atoms. The third-order valence-electron chi connectivity index (χ3n) is 6.09. The number of nitro benzene ring substituents is 1. The Kier molecular flexibility index (Phi) is 7.30. The second-order valence-electron chi connectivity index (χ2n) is 8.66. The van der Waals surface area contributed by atoms with Crippen LogP contribution in [0.15, 0.2) is 42.5 Å². The molecule has 0 radical (unpaired) electrons. The highest BCUT2D eigenvalue weighted by atomic mass is 16.6. The summed E-state index contributed by atoms with van der Waals surface area (Å²) in [5, 5.41) is 14.3. The minimum atomic E-state index is -0.730. The number of likely N-dealkylation sites (N-methyl/N-ethyl adjacent to an activating group) is 1. The van der Waals surface area contributed by atoms with Gasteiger partial charge in [-0.25, -0.2) is 4.98 Å². The zero-order valence-electron chi connectivity index (χ0n) is 20.5. The van der Waals surface area contributed by atoms with Crippen LogP contribution in [0.25, 0.3) is 0 Å². The summed E-state index contributed by atoms with van der Waals surface area (Å²) in [5.74, 6) is -0.165. The second-order valence-corrected chi connectivity index (χ2v) is 8.66. The molecule has 1 saturated heterocycles. The molecule has 0 unspecified atom stereocenters. The molecule has 3 aromatic rings. The van der Waals surface area contributed by atoms with Crippen molar-refractivity contribution in [3.8, 4) is 11.6 Å². The van der Waals surface area contributed by atoms with Gasteiger partial charge < -0.3 is 25.6 Å². The minimum absolute atomic E-state index is 0.0156. The number of anilines is 3. The van der Waals surface area contributed by atoms with Crippen LogP contribution in [0.2, 0.25) is 0 Å². The summed E-state index contributed by atoms with van der Waals surface area (Å²) in [4.78, 5) is 36.4. The third kappa shape index (κ3) is 5.52. The Morgan fingerprint density at radius 3 is 2.44 bits per heavy atom. The van der Waals surface area contributed by atoms with Gasteiger partial charge in [0.15, 0.2) is 11.5 Å². The molecule has 4 rings (SSSR count). The first-order valence-corrected chi connectivity index (χ1v) is 11.7. The Bertz CT molecular complexity index is 1270. The number of piperazine rings is 1. The predicted octanol–water partition coefficient (Wildman–Crippen LogP) is 3.64. The Morgan fingerprint density at radius 1 is 1.14 bits per heavy atom. The predicted molar refractivity (Wildman–Crippen MR) is 137 cm³/mol. The molecule has 3 N–H and O–H groups in total. The molecule has 188 valence electrons. The van der Waals surface area contributed by atoms with E-state index >= 15 is 0 Å². The van der Waals surface area contributed by atoms with Crippen LogP contribution >= 0.6 is 0 Å². The Labute approximate surface area is 209 Å². The monoisotopic (exact) mass is 491 g/mol. The normalized spacial score (nSPS) is 13.9. The van der Waals surface area contributed by atoms with Crippen molar-refractivity contribution >= 4 is 28.8 Å². The molecular weight excluding hydrogens is 462 g/mol. The van der Waals surface area contributed by atoms with Crippen molar-refractivity contribution in [3.63, 3.8) is 0 Å². The van der Waals surface area contributed by atoms with E-state index in [9.17, 15) is 14.9 Å². The van der Waals surface area contributed by atoms with Gasteiger partial charge in [0, 0.05) is 43.6 Å². The molecule has 1 aliphatic heterocycles. The van der Waals surface area contributed by atoms with Gasteiger partial charge in [-0.2, -0.15) is 4.98 Å². The number of carbonyl (C=O) groups is 1. The smallest absolute Gasteiger partial charge is 0.273 e. The van der Waals surface area contributed by atoms with Crippen molar-refractivity contribution in [2.75, 3.05) is 43.4 Å². The molecule has 11 nitrogen and oxygen atoms in total. The van der Waals surface area contributed by atoms with Crippen LogP contribution < -0.4 is 20.7 Å². The summed E-state index contributed by atoms with van der Waals surface area (Å²) >= 11 is 0. The van der Waals surface area contributed by atoms with Gasteiger partial charge in [-0.15, -0.1) is 0 Å². The lowest BCUT2D eigenvalue weighted by Gasteiger charge is -2.34. The number of nitro groups is 1. The van der Waals surface area contributed by atoms with Crippen molar-refractivity contribution in [2.24, 2.45) is 5.73 Å². The molecule has 1 amide bonds. The zero-order valence-corrected chi connectivity index (χ0v) is 20.5. The van der Waals surface area contributed by atoms with Gasteiger partial charge in [0.25, 0.3) is 11.6 Å². The van der Waals surface area contributed by atoms with Crippen LogP contribution in [0.1, 0.15) is 28.7 Å². The number of aromatic nitrogens is 2. The average Bonchev–Trinajstić information content (AvgIpc) is 2.86. The number of aryl methyl sites for hydroxylation is 2. The fraction of sp³-hybridized carbons (Fsp3) is 0.320. The summed E-state index contributed by atoms with van der Waals surface area (Å²) in [7, 11) is 2.11. The molecule has 2 aromatic carbocycles. The number of ether oxygens (including phenoxy) is 1. The van der Waals surface area contributed by atoms with Gasteiger partial charge in [0.05, 0.1) is 11.0 Å². The van der Waals surface area contributed by atoms with Gasteiger partial charge in [-0.3, -0.25) is 14.9 Å². The first-order chi connectivity index (χ1) is 17.2. The second kappa shape index (κ2) is 10.6. The molecule has 36 heavy (non-hydrogen) atoms. The van der Waals surface area contributed by atoms with Crippen LogP contribution in [0.3, 0.4) is 0 Å². The van der Waals surface area contributed by atoms with E-state index in [0.29, 0.717) is 23.4 Å². The molecule has 2 heterocycles. The van der Waals surface area contributed by atoms with Crippen LogP contribution in [0.4, 0.5) is 22.9 Å². The highest BCUT2D eigenvalue weighted by Gasteiger charge is 2.20. The van der Waals surface area contributed by atoms with Crippen molar-refractivity contribution in [1.29, 1.82) is 0 Å². The van der Waals surface area contributed by atoms with Gasteiger partial charge >= 0.3 is 0 Å². The first kappa shape index (κ1) is 24.9. The van der Waals surface area contributed by atoms with E-state index in [2.05, 4.69) is 32.1 Å². The number of nitrogens with one attached hydrogen (secondary N) is 1. The summed E-state index contributed by atoms with van der Waals surface area (Å²) in [6.45, 7) is 7.54. The lowest BCUT2D eigenvalue weighted by atomic mass is 10.2. The van der Waals surface area contributed by atoms with E-state index in [1.165, 1.54) is 12.1 Å². The minimum Gasteiger partial charge on any atom is -0.437 e. The molecule has 1 aromatic heterocycles. The van der Waals surface area contributed by atoms with Crippen LogP contribution in [-0.2, 0) is 6.42 Å². The standard InChI is InChI=1S/C25H29N7O4/c1-4-20-25(36-21-15-19(32(34)35)8-5-16(21)2)29-24(22(28-20)23(26)33)27-17-6-9-18(10-7-17)31-13-11-30(3)12-14-31/h5-10,15H,4,11-14H2,1-3H3,(H2,26,33)(H,27,29). The van der Waals surface area contributed by atoms with Gasteiger partial charge in [-0.1, -0.05) is 6.92 Å². The molecular formula is C25H29N7O4. The number of nitrogens with two attached hydrogens (primary N) is 1. The average molecular weight is 492 g/mol.